The number of benzene rings is 3. The van der Waals surface area contributed by atoms with Crippen LogP contribution in [-0.2, 0) is 21.2 Å². The van der Waals surface area contributed by atoms with Crippen LogP contribution >= 0.6 is 11.6 Å². The minimum absolute atomic E-state index is 0.00371. The van der Waals surface area contributed by atoms with Crippen LogP contribution < -0.4 is 14.8 Å². The van der Waals surface area contributed by atoms with Gasteiger partial charge in [0.2, 0.25) is 5.91 Å². The van der Waals surface area contributed by atoms with E-state index in [1.807, 2.05) is 12.1 Å². The Labute approximate surface area is 185 Å². The molecule has 0 radical (unpaired) electrons. The molecule has 3 aromatic carbocycles. The number of rotatable bonds is 8. The highest BCUT2D eigenvalue weighted by Crippen LogP contribution is 2.30. The Hall–Kier alpha value is -3.23. The summed E-state index contributed by atoms with van der Waals surface area (Å²) < 4.78 is 33.2. The Morgan fingerprint density at radius 1 is 1.03 bits per heavy atom. The first kappa shape index (κ1) is 22.5. The van der Waals surface area contributed by atoms with Gasteiger partial charge >= 0.3 is 0 Å². The predicted octanol–water partition coefficient (Wildman–Crippen LogP) is 4.43. The zero-order valence-electron chi connectivity index (χ0n) is 16.6. The summed E-state index contributed by atoms with van der Waals surface area (Å²) in [5.74, 6) is -0.242. The van der Waals surface area contributed by atoms with Crippen LogP contribution in [0.2, 0.25) is 5.02 Å². The van der Waals surface area contributed by atoms with Gasteiger partial charge in [0, 0.05) is 11.4 Å². The highest BCUT2D eigenvalue weighted by Gasteiger charge is 2.19. The van der Waals surface area contributed by atoms with Crippen molar-refractivity contribution >= 4 is 38.9 Å². The van der Waals surface area contributed by atoms with Gasteiger partial charge < -0.3 is 15.2 Å². The number of hydrogen-bond donors (Lipinski definition) is 3. The van der Waals surface area contributed by atoms with Gasteiger partial charge in [-0.15, -0.1) is 0 Å². The molecule has 1 amide bonds. The summed E-state index contributed by atoms with van der Waals surface area (Å²) in [5, 5.41) is 13.2. The van der Waals surface area contributed by atoms with Crippen molar-refractivity contribution in [1.82, 2.24) is 0 Å². The van der Waals surface area contributed by atoms with Gasteiger partial charge in [0.05, 0.1) is 23.4 Å². The molecule has 0 heterocycles. The van der Waals surface area contributed by atoms with Crippen LogP contribution in [0.4, 0.5) is 11.4 Å². The highest BCUT2D eigenvalue weighted by molar-refractivity contribution is 7.92. The molecule has 0 bridgehead atoms. The normalized spacial score (nSPS) is 11.0. The third-order valence-corrected chi connectivity index (χ3v) is 6.07. The molecule has 0 atom stereocenters. The highest BCUT2D eigenvalue weighted by atomic mass is 35.5. The number of carbonyl (C=O) groups is 1. The fourth-order valence-electron chi connectivity index (χ4n) is 2.84. The Morgan fingerprint density at radius 3 is 2.45 bits per heavy atom. The minimum atomic E-state index is -3.99. The van der Waals surface area contributed by atoms with E-state index in [9.17, 15) is 18.3 Å². The van der Waals surface area contributed by atoms with Crippen molar-refractivity contribution in [1.29, 1.82) is 0 Å². The number of halogens is 1. The molecule has 162 valence electrons. The summed E-state index contributed by atoms with van der Waals surface area (Å²) in [6, 6.07) is 17.4. The van der Waals surface area contributed by atoms with Gasteiger partial charge in [0.15, 0.2) is 0 Å². The van der Waals surface area contributed by atoms with E-state index in [1.54, 1.807) is 36.4 Å². The number of phenols is 1. The van der Waals surface area contributed by atoms with E-state index in [-0.39, 0.29) is 34.3 Å². The van der Waals surface area contributed by atoms with Gasteiger partial charge in [-0.1, -0.05) is 35.9 Å². The SMILES string of the molecule is COc1ccccc1NS(=O)(=O)c1ccc(O)c(NC(=O)CCc2ccc(Cl)cc2)c1. The number of carbonyl (C=O) groups excluding carboxylic acids is 1. The quantitative estimate of drug-likeness (QED) is 0.431. The van der Waals surface area contributed by atoms with Gasteiger partial charge in [0.25, 0.3) is 10.0 Å². The summed E-state index contributed by atoms with van der Waals surface area (Å²) in [5.41, 5.74) is 1.21. The van der Waals surface area contributed by atoms with Crippen molar-refractivity contribution in [3.05, 3.63) is 77.3 Å². The molecule has 0 saturated carbocycles. The number of ether oxygens (including phenoxy) is 1. The largest absolute Gasteiger partial charge is 0.506 e. The van der Waals surface area contributed by atoms with E-state index < -0.39 is 10.0 Å². The number of sulfonamides is 1. The molecule has 7 nitrogen and oxygen atoms in total. The molecule has 0 spiro atoms. The van der Waals surface area contributed by atoms with Gasteiger partial charge in [-0.05, 0) is 54.4 Å². The first-order chi connectivity index (χ1) is 14.8. The van der Waals surface area contributed by atoms with Gasteiger partial charge in [-0.25, -0.2) is 8.42 Å². The molecular formula is C22H21ClN2O5S. The lowest BCUT2D eigenvalue weighted by Crippen LogP contribution is -2.16. The van der Waals surface area contributed by atoms with E-state index in [2.05, 4.69) is 10.0 Å². The fourth-order valence-corrected chi connectivity index (χ4v) is 4.06. The monoisotopic (exact) mass is 460 g/mol. The molecular weight excluding hydrogens is 440 g/mol. The first-order valence-electron chi connectivity index (χ1n) is 9.31. The minimum Gasteiger partial charge on any atom is -0.506 e. The van der Waals surface area contributed by atoms with Crippen LogP contribution in [0, 0.1) is 0 Å². The third-order valence-electron chi connectivity index (χ3n) is 4.46. The number of aryl methyl sites for hydroxylation is 1. The standard InChI is InChI=1S/C22H21ClN2O5S/c1-30-21-5-3-2-4-18(21)25-31(28,29)17-11-12-20(26)19(14-17)24-22(27)13-8-15-6-9-16(23)10-7-15/h2-7,9-12,14,25-26H,8,13H2,1H3,(H,24,27). The lowest BCUT2D eigenvalue weighted by molar-refractivity contribution is -0.116. The molecule has 0 saturated heterocycles. The maximum Gasteiger partial charge on any atom is 0.262 e. The summed E-state index contributed by atoms with van der Waals surface area (Å²) in [7, 11) is -2.55. The van der Waals surface area contributed by atoms with Crippen LogP contribution in [0.1, 0.15) is 12.0 Å². The van der Waals surface area contributed by atoms with Crippen LogP contribution in [0.5, 0.6) is 11.5 Å². The van der Waals surface area contributed by atoms with E-state index in [1.165, 1.54) is 25.3 Å². The molecule has 0 aliphatic rings. The second kappa shape index (κ2) is 9.72. The maximum atomic E-state index is 12.8. The lowest BCUT2D eigenvalue weighted by atomic mass is 10.1. The molecule has 0 aliphatic heterocycles. The zero-order chi connectivity index (χ0) is 22.4. The van der Waals surface area contributed by atoms with Gasteiger partial charge in [-0.2, -0.15) is 0 Å². The van der Waals surface area contributed by atoms with Crippen molar-refractivity contribution in [2.45, 2.75) is 17.7 Å². The molecule has 0 unspecified atom stereocenters. The number of aromatic hydroxyl groups is 1. The molecule has 31 heavy (non-hydrogen) atoms. The van der Waals surface area contributed by atoms with Crippen molar-refractivity contribution in [3.8, 4) is 11.5 Å². The van der Waals surface area contributed by atoms with E-state index in [4.69, 9.17) is 16.3 Å². The van der Waals surface area contributed by atoms with Crippen LogP contribution in [0.15, 0.2) is 71.6 Å². The van der Waals surface area contributed by atoms with E-state index >= 15 is 0 Å². The number of nitrogens with one attached hydrogen (secondary N) is 2. The molecule has 3 aromatic rings. The number of phenolic OH excluding ortho intramolecular Hbond substituents is 1. The predicted molar refractivity (Wildman–Crippen MR) is 120 cm³/mol. The number of methoxy groups -OCH3 is 1. The average Bonchev–Trinajstić information content (AvgIpc) is 2.75. The van der Waals surface area contributed by atoms with Crippen LogP contribution in [0.3, 0.4) is 0 Å². The second-order valence-electron chi connectivity index (χ2n) is 6.66. The average molecular weight is 461 g/mol. The van der Waals surface area contributed by atoms with Crippen LogP contribution in [-0.4, -0.2) is 26.5 Å². The number of para-hydroxylation sites is 2. The molecule has 0 fully saturated rings. The van der Waals surface area contributed by atoms with Crippen molar-refractivity contribution in [2.75, 3.05) is 17.1 Å². The van der Waals surface area contributed by atoms with Crippen LogP contribution in [0.25, 0.3) is 0 Å². The Bertz CT molecular complexity index is 1180. The molecule has 3 N–H and O–H groups in total. The summed E-state index contributed by atoms with van der Waals surface area (Å²) in [6.45, 7) is 0. The Kier molecular flexibility index (Phi) is 7.04. The van der Waals surface area contributed by atoms with Gasteiger partial charge in [0.1, 0.15) is 11.5 Å². The summed E-state index contributed by atoms with van der Waals surface area (Å²) in [6.07, 6.45) is 0.620. The summed E-state index contributed by atoms with van der Waals surface area (Å²) >= 11 is 5.85. The van der Waals surface area contributed by atoms with Crippen molar-refractivity contribution in [3.63, 3.8) is 0 Å². The number of anilines is 2. The fraction of sp³-hybridized carbons (Fsp3) is 0.136. The first-order valence-corrected chi connectivity index (χ1v) is 11.2. The smallest absolute Gasteiger partial charge is 0.262 e. The molecule has 0 aromatic heterocycles. The topological polar surface area (TPSA) is 105 Å². The molecule has 9 heteroatoms. The van der Waals surface area contributed by atoms with Crippen molar-refractivity contribution < 1.29 is 23.1 Å². The maximum absolute atomic E-state index is 12.8. The molecule has 3 rings (SSSR count). The Morgan fingerprint density at radius 2 is 1.74 bits per heavy atom. The zero-order valence-corrected chi connectivity index (χ0v) is 18.2. The van der Waals surface area contributed by atoms with Gasteiger partial charge in [-0.3, -0.25) is 9.52 Å². The second-order valence-corrected chi connectivity index (χ2v) is 8.78. The van der Waals surface area contributed by atoms with E-state index in [0.717, 1.165) is 5.56 Å². The summed E-state index contributed by atoms with van der Waals surface area (Å²) in [4.78, 5) is 12.2. The Balaban J connectivity index is 1.73. The molecule has 0 aliphatic carbocycles. The van der Waals surface area contributed by atoms with Crippen molar-refractivity contribution in [2.24, 2.45) is 0 Å². The van der Waals surface area contributed by atoms with E-state index in [0.29, 0.717) is 17.2 Å². The number of amides is 1. The number of hydrogen-bond acceptors (Lipinski definition) is 5. The lowest BCUT2D eigenvalue weighted by Gasteiger charge is -2.13. The third kappa shape index (κ3) is 5.90.